The maximum Gasteiger partial charge on any atom is 0.130 e. The molecule has 2 heterocycles. The monoisotopic (exact) mass is 298 g/mol. The van der Waals surface area contributed by atoms with Crippen LogP contribution in [0.5, 0.6) is 0 Å². The number of nitriles is 2. The summed E-state index contributed by atoms with van der Waals surface area (Å²) in [5.74, 6) is 0. The summed E-state index contributed by atoms with van der Waals surface area (Å²) in [6.07, 6.45) is 3.41. The quantitative estimate of drug-likeness (QED) is 0.670. The standard InChI is InChI=1S/C19H14N4/c1-13-8-17(9-15(11-20)12-21)14(2)23(13)18-5-6-19-16(10-18)4-3-7-22-19/h3-10H,1-2H3. The van der Waals surface area contributed by atoms with Crippen molar-refractivity contribution in [3.8, 4) is 17.8 Å². The Labute approximate surface area is 134 Å². The molecule has 0 unspecified atom stereocenters. The molecular formula is C19H14N4. The summed E-state index contributed by atoms with van der Waals surface area (Å²) in [6, 6.07) is 15.8. The van der Waals surface area contributed by atoms with Gasteiger partial charge in [0.1, 0.15) is 17.7 Å². The number of hydrogen-bond donors (Lipinski definition) is 0. The van der Waals surface area contributed by atoms with Crippen molar-refractivity contribution in [2.24, 2.45) is 0 Å². The van der Waals surface area contributed by atoms with E-state index in [4.69, 9.17) is 10.5 Å². The smallest absolute Gasteiger partial charge is 0.130 e. The molecule has 4 nitrogen and oxygen atoms in total. The van der Waals surface area contributed by atoms with Crippen molar-refractivity contribution in [3.05, 3.63) is 65.1 Å². The summed E-state index contributed by atoms with van der Waals surface area (Å²) in [5, 5.41) is 18.9. The molecule has 4 heteroatoms. The van der Waals surface area contributed by atoms with Gasteiger partial charge < -0.3 is 4.57 Å². The summed E-state index contributed by atoms with van der Waals surface area (Å²) >= 11 is 0. The van der Waals surface area contributed by atoms with E-state index in [1.807, 2.05) is 56.3 Å². The summed E-state index contributed by atoms with van der Waals surface area (Å²) in [6.45, 7) is 3.99. The fourth-order valence-electron chi connectivity index (χ4n) is 2.78. The Morgan fingerprint density at radius 3 is 2.65 bits per heavy atom. The van der Waals surface area contributed by atoms with Gasteiger partial charge in [-0.25, -0.2) is 0 Å². The summed E-state index contributed by atoms with van der Waals surface area (Å²) in [5.41, 5.74) is 5.02. The molecule has 23 heavy (non-hydrogen) atoms. The summed E-state index contributed by atoms with van der Waals surface area (Å²) < 4.78 is 2.12. The van der Waals surface area contributed by atoms with Crippen LogP contribution in [0, 0.1) is 36.5 Å². The van der Waals surface area contributed by atoms with Crippen molar-refractivity contribution >= 4 is 17.0 Å². The van der Waals surface area contributed by atoms with Crippen LogP contribution in [0.1, 0.15) is 17.0 Å². The molecule has 0 atom stereocenters. The molecule has 3 aromatic rings. The molecule has 0 radical (unpaired) electrons. The second-order valence-corrected chi connectivity index (χ2v) is 5.32. The van der Waals surface area contributed by atoms with E-state index in [2.05, 4.69) is 15.6 Å². The number of pyridine rings is 1. The summed E-state index contributed by atoms with van der Waals surface area (Å²) in [4.78, 5) is 4.34. The molecule has 0 aliphatic rings. The zero-order valence-electron chi connectivity index (χ0n) is 12.9. The second kappa shape index (κ2) is 5.79. The van der Waals surface area contributed by atoms with Gasteiger partial charge in [-0.1, -0.05) is 6.07 Å². The minimum atomic E-state index is 0.105. The number of benzene rings is 1. The van der Waals surface area contributed by atoms with E-state index in [0.29, 0.717) is 0 Å². The number of aryl methyl sites for hydroxylation is 1. The topological polar surface area (TPSA) is 65.4 Å². The number of nitrogens with zero attached hydrogens (tertiary/aromatic N) is 4. The average Bonchev–Trinajstić information content (AvgIpc) is 2.85. The number of aromatic nitrogens is 2. The van der Waals surface area contributed by atoms with E-state index in [1.165, 1.54) is 0 Å². The predicted molar refractivity (Wildman–Crippen MR) is 89.7 cm³/mol. The van der Waals surface area contributed by atoms with Crippen LogP contribution >= 0.6 is 0 Å². The number of rotatable bonds is 2. The van der Waals surface area contributed by atoms with Gasteiger partial charge >= 0.3 is 0 Å². The van der Waals surface area contributed by atoms with Gasteiger partial charge in [-0.3, -0.25) is 4.98 Å². The first kappa shape index (κ1) is 14.6. The average molecular weight is 298 g/mol. The fraction of sp³-hybridized carbons (Fsp3) is 0.105. The Balaban J connectivity index is 2.16. The summed E-state index contributed by atoms with van der Waals surface area (Å²) in [7, 11) is 0. The number of hydrogen-bond acceptors (Lipinski definition) is 3. The lowest BCUT2D eigenvalue weighted by Gasteiger charge is -2.10. The van der Waals surface area contributed by atoms with Crippen LogP contribution in [-0.2, 0) is 0 Å². The van der Waals surface area contributed by atoms with Crippen LogP contribution in [0.2, 0.25) is 0 Å². The lowest BCUT2D eigenvalue weighted by Crippen LogP contribution is -1.99. The Bertz CT molecular complexity index is 994. The predicted octanol–water partition coefficient (Wildman–Crippen LogP) is 4.07. The highest BCUT2D eigenvalue weighted by atomic mass is 15.0. The van der Waals surface area contributed by atoms with Crippen LogP contribution in [0.25, 0.3) is 22.7 Å². The molecule has 110 valence electrons. The number of fused-ring (bicyclic) bond motifs is 1. The maximum absolute atomic E-state index is 8.94. The van der Waals surface area contributed by atoms with Crippen LogP contribution in [0.3, 0.4) is 0 Å². The largest absolute Gasteiger partial charge is 0.318 e. The first-order valence-corrected chi connectivity index (χ1v) is 7.20. The Kier molecular flexibility index (Phi) is 3.66. The minimum absolute atomic E-state index is 0.105. The molecule has 0 spiro atoms. The van der Waals surface area contributed by atoms with Gasteiger partial charge in [0.25, 0.3) is 0 Å². The SMILES string of the molecule is Cc1cc(C=C(C#N)C#N)c(C)n1-c1ccc2ncccc2c1. The van der Waals surface area contributed by atoms with Crippen LogP contribution in [0.4, 0.5) is 0 Å². The van der Waals surface area contributed by atoms with Gasteiger partial charge in [-0.05, 0) is 55.8 Å². The molecule has 0 aliphatic carbocycles. The van der Waals surface area contributed by atoms with Gasteiger partial charge in [-0.2, -0.15) is 10.5 Å². The van der Waals surface area contributed by atoms with Crippen molar-refractivity contribution in [3.63, 3.8) is 0 Å². The lowest BCUT2D eigenvalue weighted by atomic mass is 10.1. The third-order valence-corrected chi connectivity index (χ3v) is 3.86. The minimum Gasteiger partial charge on any atom is -0.318 e. The van der Waals surface area contributed by atoms with Crippen LogP contribution < -0.4 is 0 Å². The molecule has 2 aromatic heterocycles. The van der Waals surface area contributed by atoms with Gasteiger partial charge in [0.2, 0.25) is 0 Å². The van der Waals surface area contributed by atoms with Crippen molar-refractivity contribution in [2.75, 3.05) is 0 Å². The highest BCUT2D eigenvalue weighted by Crippen LogP contribution is 2.24. The van der Waals surface area contributed by atoms with Crippen molar-refractivity contribution in [1.29, 1.82) is 10.5 Å². The third kappa shape index (κ3) is 2.59. The molecule has 0 fully saturated rings. The lowest BCUT2D eigenvalue weighted by molar-refractivity contribution is 0.966. The first-order valence-electron chi connectivity index (χ1n) is 7.20. The molecular weight excluding hydrogens is 284 g/mol. The number of allylic oxidation sites excluding steroid dienone is 1. The maximum atomic E-state index is 8.94. The zero-order valence-corrected chi connectivity index (χ0v) is 12.9. The van der Waals surface area contributed by atoms with E-state index in [1.54, 1.807) is 12.3 Å². The molecule has 3 rings (SSSR count). The van der Waals surface area contributed by atoms with E-state index >= 15 is 0 Å². The zero-order chi connectivity index (χ0) is 16.4. The van der Waals surface area contributed by atoms with E-state index in [9.17, 15) is 0 Å². The normalized spacial score (nSPS) is 10.1. The fourth-order valence-corrected chi connectivity index (χ4v) is 2.78. The van der Waals surface area contributed by atoms with Gasteiger partial charge in [0, 0.05) is 28.7 Å². The van der Waals surface area contributed by atoms with Crippen molar-refractivity contribution < 1.29 is 0 Å². The first-order chi connectivity index (χ1) is 11.1. The molecule has 0 saturated carbocycles. The third-order valence-electron chi connectivity index (χ3n) is 3.86. The van der Waals surface area contributed by atoms with Crippen LogP contribution in [0.15, 0.2) is 48.2 Å². The second-order valence-electron chi connectivity index (χ2n) is 5.32. The van der Waals surface area contributed by atoms with E-state index in [-0.39, 0.29) is 5.57 Å². The highest BCUT2D eigenvalue weighted by molar-refractivity contribution is 5.80. The van der Waals surface area contributed by atoms with Gasteiger partial charge in [0.05, 0.1) is 5.52 Å². The highest BCUT2D eigenvalue weighted by Gasteiger charge is 2.10. The van der Waals surface area contributed by atoms with E-state index in [0.717, 1.165) is 33.5 Å². The van der Waals surface area contributed by atoms with Gasteiger partial charge in [-0.15, -0.1) is 0 Å². The molecule has 0 bridgehead atoms. The Morgan fingerprint density at radius 2 is 1.91 bits per heavy atom. The molecule has 1 aromatic carbocycles. The molecule has 0 saturated heterocycles. The van der Waals surface area contributed by atoms with Gasteiger partial charge in [0.15, 0.2) is 0 Å². The van der Waals surface area contributed by atoms with Crippen LogP contribution in [-0.4, -0.2) is 9.55 Å². The Hall–Kier alpha value is -3.37. The van der Waals surface area contributed by atoms with Crippen molar-refractivity contribution in [2.45, 2.75) is 13.8 Å². The van der Waals surface area contributed by atoms with E-state index < -0.39 is 0 Å². The van der Waals surface area contributed by atoms with Crippen molar-refractivity contribution in [1.82, 2.24) is 9.55 Å². The molecule has 0 N–H and O–H groups in total. The Morgan fingerprint density at radius 1 is 1.13 bits per heavy atom. The molecule has 0 aliphatic heterocycles. The molecule has 0 amide bonds.